The van der Waals surface area contributed by atoms with Crippen molar-refractivity contribution in [2.75, 3.05) is 31.9 Å². The third-order valence-corrected chi connectivity index (χ3v) is 3.91. The van der Waals surface area contributed by atoms with E-state index < -0.39 is 5.60 Å². The SMILES string of the molecule is Cc1c(N)cccc1CN1CCN(C(=O)OC(C)(C)C)CC1. The average molecular weight is 305 g/mol. The standard InChI is InChI=1S/C17H27N3O2/c1-13-14(6-5-7-15(13)18)12-19-8-10-20(11-9-19)16(21)22-17(2,3)4/h5-7H,8-12,18H2,1-4H3. The Bertz CT molecular complexity index is 529. The predicted molar refractivity (Wildman–Crippen MR) is 88.7 cm³/mol. The first-order valence-electron chi connectivity index (χ1n) is 7.80. The molecule has 0 aliphatic carbocycles. The Balaban J connectivity index is 1.87. The highest BCUT2D eigenvalue weighted by Gasteiger charge is 2.25. The zero-order valence-electron chi connectivity index (χ0n) is 14.1. The van der Waals surface area contributed by atoms with Crippen LogP contribution in [0.15, 0.2) is 18.2 Å². The van der Waals surface area contributed by atoms with Crippen LogP contribution >= 0.6 is 0 Å². The Morgan fingerprint density at radius 1 is 1.23 bits per heavy atom. The lowest BCUT2D eigenvalue weighted by Crippen LogP contribution is -2.49. The van der Waals surface area contributed by atoms with Crippen LogP contribution in [0.3, 0.4) is 0 Å². The van der Waals surface area contributed by atoms with E-state index in [0.29, 0.717) is 13.1 Å². The molecule has 0 unspecified atom stereocenters. The van der Waals surface area contributed by atoms with E-state index in [2.05, 4.69) is 17.9 Å². The molecule has 1 fully saturated rings. The Morgan fingerprint density at radius 2 is 1.86 bits per heavy atom. The van der Waals surface area contributed by atoms with Gasteiger partial charge in [-0.05, 0) is 44.9 Å². The fourth-order valence-corrected chi connectivity index (χ4v) is 2.53. The van der Waals surface area contributed by atoms with E-state index in [0.717, 1.165) is 30.9 Å². The molecule has 5 nitrogen and oxygen atoms in total. The van der Waals surface area contributed by atoms with E-state index in [1.807, 2.05) is 32.9 Å². The second kappa shape index (κ2) is 6.57. The number of carbonyl (C=O) groups excluding carboxylic acids is 1. The van der Waals surface area contributed by atoms with Gasteiger partial charge in [-0.15, -0.1) is 0 Å². The summed E-state index contributed by atoms with van der Waals surface area (Å²) in [4.78, 5) is 16.2. The van der Waals surface area contributed by atoms with Crippen LogP contribution in [0, 0.1) is 6.92 Å². The van der Waals surface area contributed by atoms with Crippen molar-refractivity contribution in [1.82, 2.24) is 9.80 Å². The van der Waals surface area contributed by atoms with Crippen LogP contribution in [0.5, 0.6) is 0 Å². The largest absolute Gasteiger partial charge is 0.444 e. The summed E-state index contributed by atoms with van der Waals surface area (Å²) in [7, 11) is 0. The molecular weight excluding hydrogens is 278 g/mol. The van der Waals surface area contributed by atoms with Crippen molar-refractivity contribution in [3.05, 3.63) is 29.3 Å². The van der Waals surface area contributed by atoms with Crippen LogP contribution in [-0.2, 0) is 11.3 Å². The number of hydrogen-bond acceptors (Lipinski definition) is 4. The highest BCUT2D eigenvalue weighted by atomic mass is 16.6. The smallest absolute Gasteiger partial charge is 0.410 e. The van der Waals surface area contributed by atoms with Crippen LogP contribution in [0.25, 0.3) is 0 Å². The molecule has 1 heterocycles. The lowest BCUT2D eigenvalue weighted by Gasteiger charge is -2.35. The molecule has 2 N–H and O–H groups in total. The van der Waals surface area contributed by atoms with Gasteiger partial charge < -0.3 is 15.4 Å². The number of anilines is 1. The van der Waals surface area contributed by atoms with E-state index >= 15 is 0 Å². The lowest BCUT2D eigenvalue weighted by molar-refractivity contribution is 0.0139. The number of carbonyl (C=O) groups is 1. The van der Waals surface area contributed by atoms with Gasteiger partial charge in [-0.1, -0.05) is 12.1 Å². The maximum atomic E-state index is 12.0. The lowest BCUT2D eigenvalue weighted by atomic mass is 10.1. The van der Waals surface area contributed by atoms with Gasteiger partial charge in [0.25, 0.3) is 0 Å². The second-order valence-electron chi connectivity index (χ2n) is 6.87. The molecule has 1 amide bonds. The molecule has 1 aliphatic heterocycles. The molecule has 0 saturated carbocycles. The van der Waals surface area contributed by atoms with Gasteiger partial charge >= 0.3 is 6.09 Å². The Hall–Kier alpha value is -1.75. The quantitative estimate of drug-likeness (QED) is 0.853. The minimum Gasteiger partial charge on any atom is -0.444 e. The van der Waals surface area contributed by atoms with Crippen molar-refractivity contribution in [1.29, 1.82) is 0 Å². The average Bonchev–Trinajstić information content (AvgIpc) is 2.43. The third kappa shape index (κ3) is 4.37. The summed E-state index contributed by atoms with van der Waals surface area (Å²) in [6.07, 6.45) is -0.215. The van der Waals surface area contributed by atoms with Gasteiger partial charge in [-0.25, -0.2) is 4.79 Å². The summed E-state index contributed by atoms with van der Waals surface area (Å²) in [6.45, 7) is 11.7. The van der Waals surface area contributed by atoms with E-state index in [4.69, 9.17) is 10.5 Å². The summed E-state index contributed by atoms with van der Waals surface area (Å²) in [5.41, 5.74) is 8.76. The van der Waals surface area contributed by atoms with E-state index in [9.17, 15) is 4.79 Å². The maximum Gasteiger partial charge on any atom is 0.410 e. The molecule has 0 bridgehead atoms. The van der Waals surface area contributed by atoms with Gasteiger partial charge in [0, 0.05) is 38.4 Å². The first-order valence-corrected chi connectivity index (χ1v) is 7.80. The van der Waals surface area contributed by atoms with Crippen molar-refractivity contribution >= 4 is 11.8 Å². The fraction of sp³-hybridized carbons (Fsp3) is 0.588. The van der Waals surface area contributed by atoms with Crippen LogP contribution in [0.4, 0.5) is 10.5 Å². The zero-order chi connectivity index (χ0) is 16.3. The monoisotopic (exact) mass is 305 g/mol. The number of benzene rings is 1. The molecular formula is C17H27N3O2. The van der Waals surface area contributed by atoms with Gasteiger partial charge in [0.15, 0.2) is 0 Å². The molecule has 5 heteroatoms. The van der Waals surface area contributed by atoms with Gasteiger partial charge in [0.05, 0.1) is 0 Å². The van der Waals surface area contributed by atoms with E-state index in [1.165, 1.54) is 5.56 Å². The Labute approximate surface area is 133 Å². The van der Waals surface area contributed by atoms with Crippen molar-refractivity contribution in [3.8, 4) is 0 Å². The van der Waals surface area contributed by atoms with Crippen LogP contribution < -0.4 is 5.73 Å². The molecule has 0 aromatic heterocycles. The fourth-order valence-electron chi connectivity index (χ4n) is 2.53. The summed E-state index contributed by atoms with van der Waals surface area (Å²) < 4.78 is 5.42. The van der Waals surface area contributed by atoms with Crippen molar-refractivity contribution in [2.24, 2.45) is 0 Å². The Kier molecular flexibility index (Phi) is 4.96. The molecule has 1 aliphatic rings. The number of hydrogen-bond donors (Lipinski definition) is 1. The molecule has 0 atom stereocenters. The number of piperazine rings is 1. The van der Waals surface area contributed by atoms with Gasteiger partial charge in [-0.3, -0.25) is 4.90 Å². The molecule has 0 spiro atoms. The van der Waals surface area contributed by atoms with Crippen molar-refractivity contribution in [3.63, 3.8) is 0 Å². The third-order valence-electron chi connectivity index (χ3n) is 3.91. The van der Waals surface area contributed by atoms with E-state index in [1.54, 1.807) is 4.90 Å². The molecule has 1 saturated heterocycles. The minimum absolute atomic E-state index is 0.215. The molecule has 1 aromatic carbocycles. The summed E-state index contributed by atoms with van der Waals surface area (Å²) >= 11 is 0. The van der Waals surface area contributed by atoms with Crippen LogP contribution in [0.1, 0.15) is 31.9 Å². The summed E-state index contributed by atoms with van der Waals surface area (Å²) in [5.74, 6) is 0. The molecule has 2 rings (SSSR count). The summed E-state index contributed by atoms with van der Waals surface area (Å²) in [6, 6.07) is 6.04. The topological polar surface area (TPSA) is 58.8 Å². The second-order valence-corrected chi connectivity index (χ2v) is 6.87. The number of amides is 1. The predicted octanol–water partition coefficient (Wildman–Crippen LogP) is 2.63. The van der Waals surface area contributed by atoms with Gasteiger partial charge in [0.2, 0.25) is 0 Å². The van der Waals surface area contributed by atoms with Crippen LogP contribution in [-0.4, -0.2) is 47.7 Å². The van der Waals surface area contributed by atoms with Crippen molar-refractivity contribution < 1.29 is 9.53 Å². The minimum atomic E-state index is -0.438. The molecule has 22 heavy (non-hydrogen) atoms. The highest BCUT2D eigenvalue weighted by Crippen LogP contribution is 2.18. The van der Waals surface area contributed by atoms with Gasteiger partial charge in [0.1, 0.15) is 5.60 Å². The number of ether oxygens (including phenoxy) is 1. The first kappa shape index (κ1) is 16.6. The maximum absolute atomic E-state index is 12.0. The van der Waals surface area contributed by atoms with Gasteiger partial charge in [-0.2, -0.15) is 0 Å². The first-order chi connectivity index (χ1) is 10.3. The number of nitrogens with two attached hydrogens (primary N) is 1. The molecule has 122 valence electrons. The number of nitrogens with zero attached hydrogens (tertiary/aromatic N) is 2. The Morgan fingerprint density at radius 3 is 2.45 bits per heavy atom. The van der Waals surface area contributed by atoms with Crippen LogP contribution in [0.2, 0.25) is 0 Å². The number of rotatable bonds is 2. The molecule has 0 radical (unpaired) electrons. The molecule has 1 aromatic rings. The highest BCUT2D eigenvalue weighted by molar-refractivity contribution is 5.68. The summed E-state index contributed by atoms with van der Waals surface area (Å²) in [5, 5.41) is 0. The zero-order valence-corrected chi connectivity index (χ0v) is 14.1. The normalized spacial score (nSPS) is 16.6. The van der Waals surface area contributed by atoms with Crippen molar-refractivity contribution in [2.45, 2.75) is 39.8 Å². The van der Waals surface area contributed by atoms with E-state index in [-0.39, 0.29) is 6.09 Å². The number of nitrogen functional groups attached to an aromatic ring is 1.